The molecule has 1 unspecified atom stereocenters. The Hall–Kier alpha value is -2.41. The minimum absolute atomic E-state index is 0.0381. The van der Waals surface area contributed by atoms with E-state index in [-0.39, 0.29) is 16.7 Å². The largest absolute Gasteiger partial charge is 0.493 e. The lowest BCUT2D eigenvalue weighted by molar-refractivity contribution is -0.130. The molecule has 0 saturated carbocycles. The van der Waals surface area contributed by atoms with E-state index in [1.165, 1.54) is 18.1 Å². The normalized spacial score (nSPS) is 17.8. The van der Waals surface area contributed by atoms with E-state index in [0.29, 0.717) is 17.1 Å². The minimum atomic E-state index is -0.501. The number of amides is 2. The van der Waals surface area contributed by atoms with Crippen LogP contribution in [0.25, 0.3) is 6.08 Å². The smallest absolute Gasteiger partial charge is 0.265 e. The van der Waals surface area contributed by atoms with E-state index in [2.05, 4.69) is 5.32 Å². The molecule has 2 amide bonds. The zero-order chi connectivity index (χ0) is 17.9. The van der Waals surface area contributed by atoms with Gasteiger partial charge in [-0.25, -0.2) is 0 Å². The van der Waals surface area contributed by atoms with E-state index in [1.807, 2.05) is 13.8 Å². The van der Waals surface area contributed by atoms with Crippen LogP contribution in [0.2, 0.25) is 0 Å². The number of nitrogens with one attached hydrogen (secondary N) is 1. The van der Waals surface area contributed by atoms with Crippen molar-refractivity contribution in [3.63, 3.8) is 0 Å². The van der Waals surface area contributed by atoms with Crippen LogP contribution in [0.1, 0.15) is 25.8 Å². The molecule has 24 heavy (non-hydrogen) atoms. The van der Waals surface area contributed by atoms with Crippen molar-refractivity contribution in [1.82, 2.24) is 10.2 Å². The Morgan fingerprint density at radius 1 is 1.25 bits per heavy atom. The van der Waals surface area contributed by atoms with Crippen molar-refractivity contribution in [3.05, 3.63) is 29.3 Å². The van der Waals surface area contributed by atoms with Crippen LogP contribution in [0.15, 0.2) is 23.8 Å². The quantitative estimate of drug-likeness (QED) is 0.502. The maximum Gasteiger partial charge on any atom is 0.265 e. The van der Waals surface area contributed by atoms with Gasteiger partial charge < -0.3 is 9.47 Å². The lowest BCUT2D eigenvalue weighted by Gasteiger charge is -2.33. The van der Waals surface area contributed by atoms with Crippen LogP contribution >= 0.6 is 12.2 Å². The number of rotatable bonds is 5. The summed E-state index contributed by atoms with van der Waals surface area (Å²) in [5, 5.41) is 2.71. The molecule has 1 fully saturated rings. The van der Waals surface area contributed by atoms with Crippen LogP contribution in [0, 0.1) is 0 Å². The second-order valence-corrected chi connectivity index (χ2v) is 5.75. The first-order valence-electron chi connectivity index (χ1n) is 7.55. The Morgan fingerprint density at radius 3 is 2.50 bits per heavy atom. The summed E-state index contributed by atoms with van der Waals surface area (Å²) < 4.78 is 10.4. The van der Waals surface area contributed by atoms with E-state index < -0.39 is 11.8 Å². The van der Waals surface area contributed by atoms with Gasteiger partial charge in [-0.2, -0.15) is 0 Å². The fourth-order valence-electron chi connectivity index (χ4n) is 2.36. The van der Waals surface area contributed by atoms with Crippen LogP contribution in [-0.4, -0.2) is 42.1 Å². The standard InChI is InChI=1S/C17H20N2O4S/c1-5-10(2)19-16(21)12(15(20)18-17(19)24)8-11-6-7-13(22-3)14(9-11)23-4/h6-10H,5H2,1-4H3,(H,18,20,24)/b12-8-. The molecule has 0 aliphatic carbocycles. The number of benzene rings is 1. The number of nitrogens with zero attached hydrogens (tertiary/aromatic N) is 1. The lowest BCUT2D eigenvalue weighted by Crippen LogP contribution is -2.56. The van der Waals surface area contributed by atoms with Gasteiger partial charge in [0, 0.05) is 6.04 Å². The van der Waals surface area contributed by atoms with Crippen molar-refractivity contribution in [2.24, 2.45) is 0 Å². The summed E-state index contributed by atoms with van der Waals surface area (Å²) >= 11 is 5.12. The molecule has 2 rings (SSSR count). The summed E-state index contributed by atoms with van der Waals surface area (Å²) in [5.74, 6) is 0.193. The maximum absolute atomic E-state index is 12.7. The average Bonchev–Trinajstić information content (AvgIpc) is 2.57. The van der Waals surface area contributed by atoms with Crippen LogP contribution < -0.4 is 14.8 Å². The van der Waals surface area contributed by atoms with Gasteiger partial charge in [-0.1, -0.05) is 13.0 Å². The summed E-state index contributed by atoms with van der Waals surface area (Å²) in [5.41, 5.74) is 0.694. The minimum Gasteiger partial charge on any atom is -0.493 e. The average molecular weight is 348 g/mol. The van der Waals surface area contributed by atoms with Crippen molar-refractivity contribution < 1.29 is 19.1 Å². The highest BCUT2D eigenvalue weighted by Crippen LogP contribution is 2.29. The number of hydrogen-bond acceptors (Lipinski definition) is 5. The van der Waals surface area contributed by atoms with Gasteiger partial charge in [-0.05, 0) is 49.3 Å². The zero-order valence-electron chi connectivity index (χ0n) is 14.1. The first kappa shape index (κ1) is 17.9. The predicted molar refractivity (Wildman–Crippen MR) is 94.9 cm³/mol. The molecule has 1 aliphatic heterocycles. The van der Waals surface area contributed by atoms with Gasteiger partial charge in [0.25, 0.3) is 11.8 Å². The monoisotopic (exact) mass is 348 g/mol. The SMILES string of the molecule is CCC(C)N1C(=O)/C(=C\c2ccc(OC)c(OC)c2)C(=O)NC1=S. The van der Waals surface area contributed by atoms with Crippen molar-refractivity contribution in [2.45, 2.75) is 26.3 Å². The van der Waals surface area contributed by atoms with Gasteiger partial charge in [0.1, 0.15) is 5.57 Å². The molecule has 6 nitrogen and oxygen atoms in total. The fourth-order valence-corrected chi connectivity index (χ4v) is 2.72. The van der Waals surface area contributed by atoms with Crippen LogP contribution in [0.3, 0.4) is 0 Å². The molecule has 1 N–H and O–H groups in total. The molecule has 0 radical (unpaired) electrons. The van der Waals surface area contributed by atoms with Crippen molar-refractivity contribution in [3.8, 4) is 11.5 Å². The van der Waals surface area contributed by atoms with E-state index in [4.69, 9.17) is 21.7 Å². The van der Waals surface area contributed by atoms with E-state index in [0.717, 1.165) is 6.42 Å². The summed E-state index contributed by atoms with van der Waals surface area (Å²) in [7, 11) is 3.06. The number of hydrogen-bond donors (Lipinski definition) is 1. The second kappa shape index (κ2) is 7.44. The van der Waals surface area contributed by atoms with E-state index in [1.54, 1.807) is 25.3 Å². The van der Waals surface area contributed by atoms with Crippen molar-refractivity contribution in [2.75, 3.05) is 14.2 Å². The summed E-state index contributed by atoms with van der Waals surface area (Å²) in [6, 6.07) is 5.06. The van der Waals surface area contributed by atoms with Gasteiger partial charge in [-0.3, -0.25) is 19.8 Å². The molecule has 0 aromatic heterocycles. The molecular weight excluding hydrogens is 328 g/mol. The molecule has 1 saturated heterocycles. The molecule has 1 heterocycles. The highest BCUT2D eigenvalue weighted by Gasteiger charge is 2.35. The maximum atomic E-state index is 12.7. The second-order valence-electron chi connectivity index (χ2n) is 5.36. The molecule has 7 heteroatoms. The Labute approximate surface area is 146 Å². The first-order valence-corrected chi connectivity index (χ1v) is 7.96. The van der Waals surface area contributed by atoms with E-state index in [9.17, 15) is 9.59 Å². The predicted octanol–water partition coefficient (Wildman–Crippen LogP) is 2.13. The number of ether oxygens (including phenoxy) is 2. The Bertz CT molecular complexity index is 715. The van der Waals surface area contributed by atoms with Gasteiger partial charge in [-0.15, -0.1) is 0 Å². The topological polar surface area (TPSA) is 67.9 Å². The van der Waals surface area contributed by atoms with Gasteiger partial charge in [0.2, 0.25) is 0 Å². The molecule has 128 valence electrons. The van der Waals surface area contributed by atoms with Crippen molar-refractivity contribution in [1.29, 1.82) is 0 Å². The number of thiocarbonyl (C=S) groups is 1. The van der Waals surface area contributed by atoms with Crippen LogP contribution in [-0.2, 0) is 9.59 Å². The van der Waals surface area contributed by atoms with E-state index >= 15 is 0 Å². The zero-order valence-corrected chi connectivity index (χ0v) is 14.9. The Kier molecular flexibility index (Phi) is 5.56. The molecule has 1 aromatic carbocycles. The molecular formula is C17H20N2O4S. The first-order chi connectivity index (χ1) is 11.4. The lowest BCUT2D eigenvalue weighted by atomic mass is 10.1. The summed E-state index contributed by atoms with van der Waals surface area (Å²) in [6.07, 6.45) is 2.25. The number of methoxy groups -OCH3 is 2. The van der Waals surface area contributed by atoms with Gasteiger partial charge >= 0.3 is 0 Å². The van der Waals surface area contributed by atoms with Gasteiger partial charge in [0.15, 0.2) is 16.6 Å². The number of carbonyl (C=O) groups excluding carboxylic acids is 2. The van der Waals surface area contributed by atoms with Crippen LogP contribution in [0.5, 0.6) is 11.5 Å². The van der Waals surface area contributed by atoms with Crippen molar-refractivity contribution >= 4 is 35.2 Å². The summed E-state index contributed by atoms with van der Waals surface area (Å²) in [6.45, 7) is 3.84. The van der Waals surface area contributed by atoms with Crippen LogP contribution in [0.4, 0.5) is 0 Å². The third-order valence-corrected chi connectivity index (χ3v) is 4.18. The molecule has 0 spiro atoms. The third-order valence-electron chi connectivity index (χ3n) is 3.88. The highest BCUT2D eigenvalue weighted by molar-refractivity contribution is 7.80. The Balaban J connectivity index is 2.42. The third kappa shape index (κ3) is 3.41. The molecule has 1 aromatic rings. The molecule has 1 atom stereocenters. The highest BCUT2D eigenvalue weighted by atomic mass is 32.1. The van der Waals surface area contributed by atoms with Gasteiger partial charge in [0.05, 0.1) is 14.2 Å². The Morgan fingerprint density at radius 2 is 1.92 bits per heavy atom. The summed E-state index contributed by atoms with van der Waals surface area (Å²) in [4.78, 5) is 26.3. The molecule has 1 aliphatic rings. The number of carbonyl (C=O) groups is 2. The fraction of sp³-hybridized carbons (Fsp3) is 0.353. The molecule has 0 bridgehead atoms.